The largest absolute Gasteiger partial charge is 0.492 e. The molecule has 0 amide bonds. The number of rotatable bonds is 8. The molecule has 0 atom stereocenters. The Kier molecular flexibility index (Phi) is 6.01. The summed E-state index contributed by atoms with van der Waals surface area (Å²) in [6.45, 7) is 3.04. The molecular weight excluding hydrogens is 342 g/mol. The normalized spacial score (nSPS) is 10.8. The van der Waals surface area contributed by atoms with Crippen LogP contribution in [-0.2, 0) is 13.7 Å². The van der Waals surface area contributed by atoms with E-state index in [9.17, 15) is 4.79 Å². The average molecular weight is 367 g/mol. The van der Waals surface area contributed by atoms with Gasteiger partial charge in [-0.15, -0.1) is 0 Å². The van der Waals surface area contributed by atoms with Gasteiger partial charge in [-0.3, -0.25) is 4.79 Å². The fourth-order valence-corrected chi connectivity index (χ4v) is 2.94. The number of unbranched alkanes of at least 4 members (excludes halogenated alkanes) is 1. The summed E-state index contributed by atoms with van der Waals surface area (Å²) in [4.78, 5) is 12.8. The first kappa shape index (κ1) is 18.8. The van der Waals surface area contributed by atoms with Crippen molar-refractivity contribution in [1.82, 2.24) is 4.57 Å². The van der Waals surface area contributed by atoms with Crippen molar-refractivity contribution in [3.8, 4) is 17.2 Å². The summed E-state index contributed by atoms with van der Waals surface area (Å²) in [5, 5.41) is 0.818. The highest BCUT2D eigenvalue weighted by Gasteiger charge is 2.18. The number of fused-ring (bicyclic) bond motifs is 1. The van der Waals surface area contributed by atoms with Crippen LogP contribution < -0.4 is 19.8 Å². The Morgan fingerprint density at radius 3 is 2.48 bits per heavy atom. The van der Waals surface area contributed by atoms with Crippen LogP contribution in [0, 0.1) is 0 Å². The minimum absolute atomic E-state index is 0.212. The molecule has 5 nitrogen and oxygen atoms in total. The zero-order chi connectivity index (χ0) is 19.2. The zero-order valence-electron chi connectivity index (χ0n) is 16.0. The Labute approximate surface area is 159 Å². The van der Waals surface area contributed by atoms with E-state index in [1.807, 2.05) is 48.5 Å². The van der Waals surface area contributed by atoms with Crippen LogP contribution in [-0.4, -0.2) is 18.3 Å². The SMILES string of the molecule is CCCCOc1c(OC)c2ccc(OCc3ccccc3)cc2n(C)c1=O. The summed E-state index contributed by atoms with van der Waals surface area (Å²) >= 11 is 0. The van der Waals surface area contributed by atoms with E-state index in [0.717, 1.165) is 29.3 Å². The first-order valence-corrected chi connectivity index (χ1v) is 9.16. The van der Waals surface area contributed by atoms with Crippen LogP contribution in [0.15, 0.2) is 53.3 Å². The molecule has 1 aromatic heterocycles. The first-order chi connectivity index (χ1) is 13.2. The van der Waals surface area contributed by atoms with Gasteiger partial charge in [-0.1, -0.05) is 43.7 Å². The van der Waals surface area contributed by atoms with E-state index in [2.05, 4.69) is 6.92 Å². The molecule has 0 bridgehead atoms. The Balaban J connectivity index is 1.95. The number of hydrogen-bond donors (Lipinski definition) is 0. The van der Waals surface area contributed by atoms with Gasteiger partial charge in [-0.2, -0.15) is 0 Å². The van der Waals surface area contributed by atoms with Gasteiger partial charge >= 0.3 is 0 Å². The Hall–Kier alpha value is -2.95. The molecular formula is C22H25NO4. The van der Waals surface area contributed by atoms with Crippen molar-refractivity contribution in [2.75, 3.05) is 13.7 Å². The predicted octanol–water partition coefficient (Wildman–Crippen LogP) is 4.31. The number of hydrogen-bond acceptors (Lipinski definition) is 4. The quantitative estimate of drug-likeness (QED) is 0.557. The van der Waals surface area contributed by atoms with Crippen molar-refractivity contribution in [1.29, 1.82) is 0 Å². The fraction of sp³-hybridized carbons (Fsp3) is 0.318. The van der Waals surface area contributed by atoms with Crippen LogP contribution in [0.5, 0.6) is 17.2 Å². The van der Waals surface area contributed by atoms with Crippen molar-refractivity contribution >= 4 is 10.9 Å². The molecule has 2 aromatic carbocycles. The van der Waals surface area contributed by atoms with Crippen molar-refractivity contribution in [2.45, 2.75) is 26.4 Å². The summed E-state index contributed by atoms with van der Waals surface area (Å²) in [6.07, 6.45) is 1.88. The van der Waals surface area contributed by atoms with E-state index in [-0.39, 0.29) is 11.3 Å². The molecule has 0 unspecified atom stereocenters. The Morgan fingerprint density at radius 2 is 1.78 bits per heavy atom. The van der Waals surface area contributed by atoms with Crippen LogP contribution >= 0.6 is 0 Å². The third kappa shape index (κ3) is 4.08. The monoisotopic (exact) mass is 367 g/mol. The van der Waals surface area contributed by atoms with Crippen LogP contribution in [0.2, 0.25) is 0 Å². The molecule has 1 heterocycles. The van der Waals surface area contributed by atoms with Gasteiger partial charge in [0.05, 0.1) is 19.2 Å². The lowest BCUT2D eigenvalue weighted by Gasteiger charge is -2.16. The number of benzene rings is 2. The highest BCUT2D eigenvalue weighted by molar-refractivity contribution is 5.89. The summed E-state index contributed by atoms with van der Waals surface area (Å²) in [6, 6.07) is 15.6. The number of aromatic nitrogens is 1. The fourth-order valence-electron chi connectivity index (χ4n) is 2.94. The predicted molar refractivity (Wildman–Crippen MR) is 107 cm³/mol. The lowest BCUT2D eigenvalue weighted by atomic mass is 10.1. The molecule has 0 aliphatic carbocycles. The molecule has 0 radical (unpaired) electrons. The van der Waals surface area contributed by atoms with E-state index in [0.29, 0.717) is 24.7 Å². The van der Waals surface area contributed by atoms with E-state index in [4.69, 9.17) is 14.2 Å². The third-order valence-corrected chi connectivity index (χ3v) is 4.48. The number of aryl methyl sites for hydroxylation is 1. The van der Waals surface area contributed by atoms with Crippen molar-refractivity contribution in [3.05, 3.63) is 64.4 Å². The molecule has 142 valence electrons. The molecule has 0 saturated heterocycles. The van der Waals surface area contributed by atoms with Crippen LogP contribution in [0.1, 0.15) is 25.3 Å². The molecule has 5 heteroatoms. The topological polar surface area (TPSA) is 49.7 Å². The van der Waals surface area contributed by atoms with E-state index < -0.39 is 0 Å². The highest BCUT2D eigenvalue weighted by atomic mass is 16.5. The van der Waals surface area contributed by atoms with Gasteiger partial charge < -0.3 is 18.8 Å². The zero-order valence-corrected chi connectivity index (χ0v) is 16.0. The van der Waals surface area contributed by atoms with E-state index in [1.165, 1.54) is 0 Å². The van der Waals surface area contributed by atoms with E-state index in [1.54, 1.807) is 18.7 Å². The molecule has 3 aromatic rings. The lowest BCUT2D eigenvalue weighted by molar-refractivity contribution is 0.284. The molecule has 0 aliphatic rings. The minimum atomic E-state index is -0.212. The molecule has 0 spiro atoms. The standard InChI is InChI=1S/C22H25NO4/c1-4-5-13-26-21-20(25-3)18-12-11-17(14-19(18)23(2)22(21)24)27-15-16-9-7-6-8-10-16/h6-12,14H,4-5,13,15H2,1-3H3. The summed E-state index contributed by atoms with van der Waals surface area (Å²) in [5.41, 5.74) is 1.62. The van der Waals surface area contributed by atoms with Crippen LogP contribution in [0.4, 0.5) is 0 Å². The minimum Gasteiger partial charge on any atom is -0.492 e. The van der Waals surface area contributed by atoms with Gasteiger partial charge in [0.25, 0.3) is 5.56 Å². The maximum atomic E-state index is 12.8. The third-order valence-electron chi connectivity index (χ3n) is 4.48. The van der Waals surface area contributed by atoms with Crippen LogP contribution in [0.3, 0.4) is 0 Å². The van der Waals surface area contributed by atoms with Gasteiger partial charge in [0.1, 0.15) is 12.4 Å². The van der Waals surface area contributed by atoms with Gasteiger partial charge in [0.2, 0.25) is 5.75 Å². The molecule has 3 rings (SSSR count). The maximum Gasteiger partial charge on any atom is 0.297 e. The molecule has 27 heavy (non-hydrogen) atoms. The molecule has 0 aliphatic heterocycles. The number of ether oxygens (including phenoxy) is 3. The van der Waals surface area contributed by atoms with Gasteiger partial charge in [-0.05, 0) is 24.1 Å². The summed E-state index contributed by atoms with van der Waals surface area (Å²) in [7, 11) is 3.29. The second kappa shape index (κ2) is 8.62. The van der Waals surface area contributed by atoms with Crippen LogP contribution in [0.25, 0.3) is 10.9 Å². The lowest BCUT2D eigenvalue weighted by Crippen LogP contribution is -2.21. The summed E-state index contributed by atoms with van der Waals surface area (Å²) in [5.74, 6) is 1.43. The Morgan fingerprint density at radius 1 is 1.00 bits per heavy atom. The van der Waals surface area contributed by atoms with Gasteiger partial charge in [0.15, 0.2) is 5.75 Å². The van der Waals surface area contributed by atoms with Gasteiger partial charge in [-0.25, -0.2) is 0 Å². The molecule has 0 N–H and O–H groups in total. The maximum absolute atomic E-state index is 12.8. The van der Waals surface area contributed by atoms with Crippen molar-refractivity contribution in [2.24, 2.45) is 7.05 Å². The first-order valence-electron chi connectivity index (χ1n) is 9.16. The second-order valence-electron chi connectivity index (χ2n) is 6.38. The second-order valence-corrected chi connectivity index (χ2v) is 6.38. The number of nitrogens with zero attached hydrogens (tertiary/aromatic N) is 1. The van der Waals surface area contributed by atoms with E-state index >= 15 is 0 Å². The molecule has 0 saturated carbocycles. The highest BCUT2D eigenvalue weighted by Crippen LogP contribution is 2.34. The van der Waals surface area contributed by atoms with Gasteiger partial charge in [0, 0.05) is 18.5 Å². The summed E-state index contributed by atoms with van der Waals surface area (Å²) < 4.78 is 18.7. The average Bonchev–Trinajstić information content (AvgIpc) is 2.71. The Bertz CT molecular complexity index is 963. The number of pyridine rings is 1. The smallest absolute Gasteiger partial charge is 0.297 e. The van der Waals surface area contributed by atoms with Crippen molar-refractivity contribution in [3.63, 3.8) is 0 Å². The number of methoxy groups -OCH3 is 1. The van der Waals surface area contributed by atoms with Crippen molar-refractivity contribution < 1.29 is 14.2 Å². The molecule has 0 fully saturated rings.